The number of methoxy groups -OCH3 is 1. The van der Waals surface area contributed by atoms with Gasteiger partial charge in [0, 0.05) is 12.0 Å². The van der Waals surface area contributed by atoms with Crippen LogP contribution in [0.5, 0.6) is 0 Å². The Balaban J connectivity index is 2.06. The van der Waals surface area contributed by atoms with Crippen molar-refractivity contribution in [2.24, 2.45) is 0 Å². The van der Waals surface area contributed by atoms with Crippen LogP contribution in [0.25, 0.3) is 0 Å². The summed E-state index contributed by atoms with van der Waals surface area (Å²) in [5, 5.41) is 3.93. The molecule has 1 aromatic carbocycles. The lowest BCUT2D eigenvalue weighted by Gasteiger charge is -2.02. The number of carbonyl (C=O) groups is 1. The zero-order chi connectivity index (χ0) is 13.7. The second-order valence-corrected chi connectivity index (χ2v) is 4.41. The molecule has 2 rings (SSSR count). The zero-order valence-electron chi connectivity index (χ0n) is 11.2. The Hall–Kier alpha value is -2.10. The predicted molar refractivity (Wildman–Crippen MR) is 70.8 cm³/mol. The Morgan fingerprint density at radius 1 is 1.26 bits per heavy atom. The third-order valence-electron chi connectivity index (χ3n) is 3.10. The fourth-order valence-corrected chi connectivity index (χ4v) is 1.98. The molecule has 0 N–H and O–H groups in total. The van der Waals surface area contributed by atoms with Crippen LogP contribution in [0.15, 0.2) is 34.9 Å². The molecule has 0 atom stereocenters. The first-order chi connectivity index (χ1) is 9.20. The zero-order valence-corrected chi connectivity index (χ0v) is 11.2. The van der Waals surface area contributed by atoms with Crippen molar-refractivity contribution >= 4 is 5.97 Å². The molecule has 0 saturated carbocycles. The third-order valence-corrected chi connectivity index (χ3v) is 3.10. The van der Waals surface area contributed by atoms with E-state index in [-0.39, 0.29) is 12.4 Å². The summed E-state index contributed by atoms with van der Waals surface area (Å²) in [5.41, 5.74) is 2.84. The van der Waals surface area contributed by atoms with Crippen molar-refractivity contribution in [3.8, 4) is 0 Å². The van der Waals surface area contributed by atoms with E-state index in [0.717, 1.165) is 29.9 Å². The van der Waals surface area contributed by atoms with Crippen molar-refractivity contribution in [3.63, 3.8) is 0 Å². The minimum Gasteiger partial charge on any atom is -0.469 e. The van der Waals surface area contributed by atoms with E-state index in [1.54, 1.807) is 0 Å². The minimum absolute atomic E-state index is 0.218. The Kier molecular flexibility index (Phi) is 4.34. The van der Waals surface area contributed by atoms with E-state index in [0.29, 0.717) is 0 Å². The van der Waals surface area contributed by atoms with Crippen LogP contribution in [0.3, 0.4) is 0 Å². The van der Waals surface area contributed by atoms with Gasteiger partial charge in [-0.3, -0.25) is 4.79 Å². The second kappa shape index (κ2) is 6.18. The highest BCUT2D eigenvalue weighted by atomic mass is 16.5. The van der Waals surface area contributed by atoms with E-state index >= 15 is 0 Å². The highest BCUT2D eigenvalue weighted by Crippen LogP contribution is 2.17. The van der Waals surface area contributed by atoms with Crippen LogP contribution in [-0.4, -0.2) is 18.2 Å². The summed E-state index contributed by atoms with van der Waals surface area (Å²) in [4.78, 5) is 11.4. The molecular weight excluding hydrogens is 242 g/mol. The van der Waals surface area contributed by atoms with Crippen LogP contribution in [0.4, 0.5) is 0 Å². The van der Waals surface area contributed by atoms with Crippen molar-refractivity contribution in [2.75, 3.05) is 7.11 Å². The number of nitrogens with zero attached hydrogens (tertiary/aromatic N) is 1. The van der Waals surface area contributed by atoms with E-state index in [2.05, 4.69) is 22.0 Å². The average Bonchev–Trinajstić information content (AvgIpc) is 2.78. The van der Waals surface area contributed by atoms with Gasteiger partial charge in [-0.2, -0.15) is 0 Å². The molecule has 0 unspecified atom stereocenters. The summed E-state index contributed by atoms with van der Waals surface area (Å²) in [6, 6.07) is 10.2. The molecule has 0 aliphatic heterocycles. The number of benzene rings is 1. The molecule has 19 heavy (non-hydrogen) atoms. The summed E-state index contributed by atoms with van der Waals surface area (Å²) in [6.07, 6.45) is 1.82. The maximum atomic E-state index is 11.4. The van der Waals surface area contributed by atoms with Gasteiger partial charge in [0.05, 0.1) is 19.2 Å². The third kappa shape index (κ3) is 3.44. The Labute approximate surface area is 112 Å². The van der Waals surface area contributed by atoms with E-state index in [9.17, 15) is 4.79 Å². The molecule has 0 spiro atoms. The van der Waals surface area contributed by atoms with Gasteiger partial charge in [-0.1, -0.05) is 35.5 Å². The maximum Gasteiger partial charge on any atom is 0.310 e. The minimum atomic E-state index is -0.271. The molecule has 4 nitrogen and oxygen atoms in total. The number of hydrogen-bond acceptors (Lipinski definition) is 4. The van der Waals surface area contributed by atoms with Gasteiger partial charge in [0.1, 0.15) is 5.76 Å². The van der Waals surface area contributed by atoms with Crippen LogP contribution >= 0.6 is 0 Å². The quantitative estimate of drug-likeness (QED) is 0.774. The Morgan fingerprint density at radius 2 is 2.00 bits per heavy atom. The molecule has 100 valence electrons. The topological polar surface area (TPSA) is 52.3 Å². The van der Waals surface area contributed by atoms with Crippen LogP contribution in [0.1, 0.15) is 22.6 Å². The molecule has 2 aromatic rings. The first-order valence-corrected chi connectivity index (χ1v) is 6.25. The van der Waals surface area contributed by atoms with Gasteiger partial charge in [-0.05, 0) is 18.9 Å². The van der Waals surface area contributed by atoms with Gasteiger partial charge in [0.25, 0.3) is 0 Å². The SMILES string of the molecule is COC(=O)Cc1c(C)noc1CCc1ccccc1. The fourth-order valence-electron chi connectivity index (χ4n) is 1.98. The van der Waals surface area contributed by atoms with Crippen molar-refractivity contribution in [1.82, 2.24) is 5.16 Å². The number of aryl methyl sites for hydroxylation is 3. The van der Waals surface area contributed by atoms with Gasteiger partial charge < -0.3 is 9.26 Å². The highest BCUT2D eigenvalue weighted by Gasteiger charge is 2.16. The molecule has 4 heteroatoms. The number of carbonyl (C=O) groups excluding carboxylic acids is 1. The van der Waals surface area contributed by atoms with Crippen LogP contribution in [0.2, 0.25) is 0 Å². The van der Waals surface area contributed by atoms with Gasteiger partial charge >= 0.3 is 5.97 Å². The summed E-state index contributed by atoms with van der Waals surface area (Å²) in [5.74, 6) is 0.499. The van der Waals surface area contributed by atoms with Crippen LogP contribution in [0, 0.1) is 6.92 Å². The fraction of sp³-hybridized carbons (Fsp3) is 0.333. The summed E-state index contributed by atoms with van der Waals surface area (Å²) >= 11 is 0. The Morgan fingerprint density at radius 3 is 2.68 bits per heavy atom. The molecule has 0 radical (unpaired) electrons. The van der Waals surface area contributed by atoms with Crippen molar-refractivity contribution in [1.29, 1.82) is 0 Å². The molecular formula is C15H17NO3. The molecule has 1 heterocycles. The van der Waals surface area contributed by atoms with Gasteiger partial charge in [0.15, 0.2) is 0 Å². The van der Waals surface area contributed by atoms with E-state index in [1.165, 1.54) is 12.7 Å². The highest BCUT2D eigenvalue weighted by molar-refractivity contribution is 5.72. The number of ether oxygens (including phenoxy) is 1. The largest absolute Gasteiger partial charge is 0.469 e. The van der Waals surface area contributed by atoms with Crippen LogP contribution in [-0.2, 0) is 28.8 Å². The van der Waals surface area contributed by atoms with E-state index in [1.807, 2.05) is 25.1 Å². The lowest BCUT2D eigenvalue weighted by molar-refractivity contribution is -0.139. The Bertz CT molecular complexity index is 546. The smallest absolute Gasteiger partial charge is 0.310 e. The van der Waals surface area contributed by atoms with Crippen molar-refractivity contribution in [3.05, 3.63) is 52.9 Å². The average molecular weight is 259 g/mol. The molecule has 0 saturated heterocycles. The van der Waals surface area contributed by atoms with E-state index < -0.39 is 0 Å². The lowest BCUT2D eigenvalue weighted by atomic mass is 10.0. The van der Waals surface area contributed by atoms with E-state index in [4.69, 9.17) is 4.52 Å². The van der Waals surface area contributed by atoms with Gasteiger partial charge in [0.2, 0.25) is 0 Å². The molecule has 1 aromatic heterocycles. The summed E-state index contributed by atoms with van der Waals surface area (Å²) in [6.45, 7) is 1.84. The first kappa shape index (κ1) is 13.3. The molecule has 0 aliphatic rings. The number of hydrogen-bond donors (Lipinski definition) is 0. The normalized spacial score (nSPS) is 10.4. The molecule has 0 bridgehead atoms. The number of aromatic nitrogens is 1. The monoisotopic (exact) mass is 259 g/mol. The molecule has 0 aliphatic carbocycles. The van der Waals surface area contributed by atoms with Crippen molar-refractivity contribution < 1.29 is 14.1 Å². The van der Waals surface area contributed by atoms with Crippen LogP contribution < -0.4 is 0 Å². The number of esters is 1. The molecule has 0 amide bonds. The summed E-state index contributed by atoms with van der Waals surface area (Å²) in [7, 11) is 1.38. The van der Waals surface area contributed by atoms with Gasteiger partial charge in [-0.25, -0.2) is 0 Å². The second-order valence-electron chi connectivity index (χ2n) is 4.41. The summed E-state index contributed by atoms with van der Waals surface area (Å²) < 4.78 is 9.99. The number of rotatable bonds is 5. The maximum absolute atomic E-state index is 11.4. The standard InChI is InChI=1S/C15H17NO3/c1-11-13(10-15(17)18-2)14(19-16-11)9-8-12-6-4-3-5-7-12/h3-7H,8-10H2,1-2H3. The first-order valence-electron chi connectivity index (χ1n) is 6.25. The molecule has 0 fully saturated rings. The van der Waals surface area contributed by atoms with Gasteiger partial charge in [-0.15, -0.1) is 0 Å². The van der Waals surface area contributed by atoms with Crippen molar-refractivity contribution in [2.45, 2.75) is 26.2 Å². The predicted octanol–water partition coefficient (Wildman–Crippen LogP) is 2.48. The lowest BCUT2D eigenvalue weighted by Crippen LogP contribution is -2.07.